The van der Waals surface area contributed by atoms with Crippen LogP contribution in [0.2, 0.25) is 0 Å². The number of likely N-dealkylation sites (N-methyl/N-ethyl adjacent to an activating group) is 2. The summed E-state index contributed by atoms with van der Waals surface area (Å²) in [4.78, 5) is 37.7. The van der Waals surface area contributed by atoms with Crippen LogP contribution in [0.15, 0.2) is 0 Å². The quantitative estimate of drug-likeness (QED) is 0.628. The van der Waals surface area contributed by atoms with Crippen molar-refractivity contribution in [3.05, 3.63) is 0 Å². The molecule has 1 atom stereocenters. The average molecular weight is 270 g/mol. The molecule has 0 aromatic carbocycles. The first-order chi connectivity index (χ1) is 8.93. The van der Waals surface area contributed by atoms with E-state index in [1.54, 1.807) is 23.9 Å². The number of primary amides is 1. The number of nitrogens with one attached hydrogen (secondary N) is 1. The SMILES string of the molecule is CNC(=O)CN(C)CC(=O)N1CCCC(C(N)=O)C1. The van der Waals surface area contributed by atoms with Crippen LogP contribution in [0, 0.1) is 5.92 Å². The van der Waals surface area contributed by atoms with Crippen LogP contribution in [0.4, 0.5) is 0 Å². The lowest BCUT2D eigenvalue weighted by Crippen LogP contribution is -2.48. The van der Waals surface area contributed by atoms with Crippen molar-refractivity contribution in [2.45, 2.75) is 12.8 Å². The van der Waals surface area contributed by atoms with Crippen LogP contribution in [0.3, 0.4) is 0 Å². The van der Waals surface area contributed by atoms with Crippen molar-refractivity contribution in [2.75, 3.05) is 40.3 Å². The molecule has 1 aliphatic rings. The van der Waals surface area contributed by atoms with Gasteiger partial charge in [-0.2, -0.15) is 0 Å². The van der Waals surface area contributed by atoms with Gasteiger partial charge < -0.3 is 16.0 Å². The Morgan fingerprint density at radius 3 is 2.63 bits per heavy atom. The zero-order valence-electron chi connectivity index (χ0n) is 11.5. The van der Waals surface area contributed by atoms with E-state index in [4.69, 9.17) is 5.73 Å². The zero-order chi connectivity index (χ0) is 14.4. The van der Waals surface area contributed by atoms with E-state index in [1.165, 1.54) is 0 Å². The van der Waals surface area contributed by atoms with Gasteiger partial charge in [-0.1, -0.05) is 0 Å². The highest BCUT2D eigenvalue weighted by atomic mass is 16.2. The standard InChI is InChI=1S/C12H22N4O3/c1-14-10(17)7-15(2)8-11(18)16-5-3-4-9(6-16)12(13)19/h9H,3-8H2,1-2H3,(H2,13,19)(H,14,17). The Bertz CT molecular complexity index is 359. The highest BCUT2D eigenvalue weighted by Gasteiger charge is 2.27. The predicted molar refractivity (Wildman–Crippen MR) is 70.1 cm³/mol. The van der Waals surface area contributed by atoms with Gasteiger partial charge in [0.15, 0.2) is 0 Å². The Kier molecular flexibility index (Phi) is 5.75. The third kappa shape index (κ3) is 4.86. The van der Waals surface area contributed by atoms with Crippen LogP contribution >= 0.6 is 0 Å². The molecule has 1 aliphatic heterocycles. The largest absolute Gasteiger partial charge is 0.369 e. The van der Waals surface area contributed by atoms with E-state index in [2.05, 4.69) is 5.32 Å². The molecule has 0 saturated carbocycles. The summed E-state index contributed by atoms with van der Waals surface area (Å²) in [6.45, 7) is 1.38. The molecule has 7 nitrogen and oxygen atoms in total. The average Bonchev–Trinajstić information content (AvgIpc) is 2.38. The fourth-order valence-corrected chi connectivity index (χ4v) is 2.15. The van der Waals surface area contributed by atoms with E-state index in [9.17, 15) is 14.4 Å². The maximum absolute atomic E-state index is 12.0. The number of nitrogens with two attached hydrogens (primary N) is 1. The predicted octanol–water partition coefficient (Wildman–Crippen LogP) is -1.61. The minimum atomic E-state index is -0.351. The highest BCUT2D eigenvalue weighted by molar-refractivity contribution is 5.82. The van der Waals surface area contributed by atoms with E-state index in [0.29, 0.717) is 13.1 Å². The van der Waals surface area contributed by atoms with Gasteiger partial charge in [-0.25, -0.2) is 0 Å². The van der Waals surface area contributed by atoms with E-state index in [-0.39, 0.29) is 36.7 Å². The van der Waals surface area contributed by atoms with Crippen LogP contribution < -0.4 is 11.1 Å². The van der Waals surface area contributed by atoms with E-state index >= 15 is 0 Å². The Labute approximate surface area is 113 Å². The number of hydrogen-bond donors (Lipinski definition) is 2. The first kappa shape index (κ1) is 15.4. The number of carbonyl (C=O) groups is 3. The lowest BCUT2D eigenvalue weighted by Gasteiger charge is -2.32. The van der Waals surface area contributed by atoms with Crippen LogP contribution in [0.1, 0.15) is 12.8 Å². The minimum absolute atomic E-state index is 0.0719. The molecule has 0 aliphatic carbocycles. The van der Waals surface area contributed by atoms with Crippen molar-refractivity contribution in [1.29, 1.82) is 0 Å². The van der Waals surface area contributed by atoms with Gasteiger partial charge in [-0.15, -0.1) is 0 Å². The second-order valence-corrected chi connectivity index (χ2v) is 4.93. The topological polar surface area (TPSA) is 95.7 Å². The molecule has 1 saturated heterocycles. The minimum Gasteiger partial charge on any atom is -0.369 e. The molecule has 19 heavy (non-hydrogen) atoms. The van der Waals surface area contributed by atoms with Crippen LogP contribution in [0.25, 0.3) is 0 Å². The Morgan fingerprint density at radius 2 is 2.05 bits per heavy atom. The van der Waals surface area contributed by atoms with E-state index < -0.39 is 0 Å². The Hall–Kier alpha value is -1.63. The van der Waals surface area contributed by atoms with E-state index in [1.807, 2.05) is 0 Å². The lowest BCUT2D eigenvalue weighted by atomic mass is 9.97. The molecule has 108 valence electrons. The third-order valence-electron chi connectivity index (χ3n) is 3.27. The van der Waals surface area contributed by atoms with Crippen molar-refractivity contribution < 1.29 is 14.4 Å². The summed E-state index contributed by atoms with van der Waals surface area (Å²) < 4.78 is 0. The summed E-state index contributed by atoms with van der Waals surface area (Å²) in [5, 5.41) is 2.50. The number of likely N-dealkylation sites (tertiary alicyclic amines) is 1. The number of rotatable bonds is 5. The van der Waals surface area contributed by atoms with Gasteiger partial charge in [0.2, 0.25) is 17.7 Å². The first-order valence-corrected chi connectivity index (χ1v) is 6.40. The number of carbonyl (C=O) groups excluding carboxylic acids is 3. The molecule has 3 amide bonds. The third-order valence-corrected chi connectivity index (χ3v) is 3.27. The summed E-state index contributed by atoms with van der Waals surface area (Å²) in [7, 11) is 3.27. The smallest absolute Gasteiger partial charge is 0.236 e. The van der Waals surface area contributed by atoms with Gasteiger partial charge in [-0.05, 0) is 19.9 Å². The van der Waals surface area contributed by atoms with Gasteiger partial charge >= 0.3 is 0 Å². The lowest BCUT2D eigenvalue weighted by molar-refractivity contribution is -0.136. The molecule has 7 heteroatoms. The normalized spacial score (nSPS) is 19.3. The number of amides is 3. The van der Waals surface area contributed by atoms with Crippen molar-refractivity contribution in [3.8, 4) is 0 Å². The van der Waals surface area contributed by atoms with Crippen LogP contribution in [0.5, 0.6) is 0 Å². The van der Waals surface area contributed by atoms with Gasteiger partial charge in [0, 0.05) is 20.1 Å². The van der Waals surface area contributed by atoms with Gasteiger partial charge in [0.05, 0.1) is 19.0 Å². The maximum Gasteiger partial charge on any atom is 0.236 e. The monoisotopic (exact) mass is 270 g/mol. The van der Waals surface area contributed by atoms with Crippen molar-refractivity contribution >= 4 is 17.7 Å². The van der Waals surface area contributed by atoms with Crippen molar-refractivity contribution in [2.24, 2.45) is 11.7 Å². The fraction of sp³-hybridized carbons (Fsp3) is 0.750. The molecular weight excluding hydrogens is 248 g/mol. The summed E-state index contributed by atoms with van der Waals surface area (Å²) in [6, 6.07) is 0. The fourth-order valence-electron chi connectivity index (χ4n) is 2.15. The van der Waals surface area contributed by atoms with Crippen molar-refractivity contribution in [1.82, 2.24) is 15.1 Å². The summed E-state index contributed by atoms with van der Waals surface area (Å²) in [6.07, 6.45) is 1.53. The van der Waals surface area contributed by atoms with E-state index in [0.717, 1.165) is 12.8 Å². The van der Waals surface area contributed by atoms with Gasteiger partial charge in [0.1, 0.15) is 0 Å². The molecule has 0 aromatic heterocycles. The van der Waals surface area contributed by atoms with Gasteiger partial charge in [-0.3, -0.25) is 19.3 Å². The molecule has 1 rings (SSSR count). The molecule has 0 spiro atoms. The highest BCUT2D eigenvalue weighted by Crippen LogP contribution is 2.16. The molecule has 3 N–H and O–H groups in total. The Morgan fingerprint density at radius 1 is 1.37 bits per heavy atom. The molecule has 1 unspecified atom stereocenters. The molecular formula is C12H22N4O3. The van der Waals surface area contributed by atoms with Crippen molar-refractivity contribution in [3.63, 3.8) is 0 Å². The van der Waals surface area contributed by atoms with Crippen LogP contribution in [-0.4, -0.2) is 67.8 Å². The molecule has 0 aromatic rings. The number of nitrogens with zero attached hydrogens (tertiary/aromatic N) is 2. The number of hydrogen-bond acceptors (Lipinski definition) is 4. The van der Waals surface area contributed by atoms with Crippen LogP contribution in [-0.2, 0) is 14.4 Å². The summed E-state index contributed by atoms with van der Waals surface area (Å²) in [5.74, 6) is -0.806. The Balaban J connectivity index is 2.44. The van der Waals surface area contributed by atoms with Gasteiger partial charge in [0.25, 0.3) is 0 Å². The first-order valence-electron chi connectivity index (χ1n) is 6.40. The molecule has 1 heterocycles. The molecule has 0 radical (unpaired) electrons. The molecule has 1 fully saturated rings. The zero-order valence-corrected chi connectivity index (χ0v) is 11.5. The maximum atomic E-state index is 12.0. The summed E-state index contributed by atoms with van der Waals surface area (Å²) >= 11 is 0. The second kappa shape index (κ2) is 7.08. The second-order valence-electron chi connectivity index (χ2n) is 4.93. The number of piperidine rings is 1. The molecule has 0 bridgehead atoms. The summed E-state index contributed by atoms with van der Waals surface area (Å²) in [5.41, 5.74) is 5.27.